The molecule has 0 aromatic rings. The average molecular weight is 473 g/mol. The molecular formula is C20H40N8O5. The van der Waals surface area contributed by atoms with Crippen molar-refractivity contribution >= 4 is 29.7 Å². The Morgan fingerprint density at radius 2 is 1.42 bits per heavy atom. The second kappa shape index (κ2) is 15.8. The lowest BCUT2D eigenvalue weighted by molar-refractivity contribution is -0.142. The number of hydrogen-bond donors (Lipinski definition) is 8. The maximum atomic E-state index is 12.9. The summed E-state index contributed by atoms with van der Waals surface area (Å²) < 4.78 is 0. The van der Waals surface area contributed by atoms with Crippen molar-refractivity contribution < 1.29 is 24.3 Å². The van der Waals surface area contributed by atoms with Crippen molar-refractivity contribution in [2.24, 2.45) is 33.8 Å². The van der Waals surface area contributed by atoms with Crippen molar-refractivity contribution in [3.8, 4) is 0 Å². The van der Waals surface area contributed by atoms with Gasteiger partial charge >= 0.3 is 5.97 Å². The largest absolute Gasteiger partial charge is 0.480 e. The van der Waals surface area contributed by atoms with Crippen LogP contribution in [0.4, 0.5) is 0 Å². The summed E-state index contributed by atoms with van der Waals surface area (Å²) in [6, 6.07) is -3.93. The Balaban J connectivity index is 5.33. The number of nitrogens with two attached hydrogens (primary N) is 4. The number of nitrogens with one attached hydrogen (secondary N) is 3. The van der Waals surface area contributed by atoms with Crippen molar-refractivity contribution in [3.05, 3.63) is 0 Å². The summed E-state index contributed by atoms with van der Waals surface area (Å²) in [7, 11) is 0. The molecule has 33 heavy (non-hydrogen) atoms. The Morgan fingerprint density at radius 1 is 0.848 bits per heavy atom. The number of aliphatic carboxylic acids is 1. The molecule has 0 saturated carbocycles. The molecule has 0 fully saturated rings. The first-order chi connectivity index (χ1) is 15.4. The molecule has 190 valence electrons. The van der Waals surface area contributed by atoms with Gasteiger partial charge in [-0.15, -0.1) is 0 Å². The van der Waals surface area contributed by atoms with Gasteiger partial charge in [0, 0.05) is 6.54 Å². The zero-order chi connectivity index (χ0) is 25.6. The number of amides is 3. The van der Waals surface area contributed by atoms with E-state index in [0.717, 1.165) is 0 Å². The molecule has 4 unspecified atom stereocenters. The Hall–Kier alpha value is -2.93. The van der Waals surface area contributed by atoms with Crippen molar-refractivity contribution in [1.29, 1.82) is 0 Å². The number of hydrogen-bond acceptors (Lipinski definition) is 7. The van der Waals surface area contributed by atoms with Gasteiger partial charge in [-0.05, 0) is 51.5 Å². The highest BCUT2D eigenvalue weighted by Crippen LogP contribution is 2.08. The molecule has 13 nitrogen and oxygen atoms in total. The van der Waals surface area contributed by atoms with Crippen LogP contribution in [0.3, 0.4) is 0 Å². The first-order valence-corrected chi connectivity index (χ1v) is 11.1. The van der Waals surface area contributed by atoms with Crippen LogP contribution in [0.1, 0.15) is 52.9 Å². The summed E-state index contributed by atoms with van der Waals surface area (Å²) >= 11 is 0. The first kappa shape index (κ1) is 30.1. The molecule has 0 rings (SSSR count). The fourth-order valence-corrected chi connectivity index (χ4v) is 2.88. The molecule has 0 radical (unpaired) electrons. The summed E-state index contributed by atoms with van der Waals surface area (Å²) in [6.45, 7) is 5.57. The number of guanidine groups is 1. The second-order valence-electron chi connectivity index (χ2n) is 8.21. The first-order valence-electron chi connectivity index (χ1n) is 11.1. The molecule has 13 heteroatoms. The maximum Gasteiger partial charge on any atom is 0.326 e. The van der Waals surface area contributed by atoms with Gasteiger partial charge < -0.3 is 44.0 Å². The predicted octanol–water partition coefficient (Wildman–Crippen LogP) is -2.29. The Labute approximate surface area is 194 Å². The normalized spacial score (nSPS) is 14.5. The molecule has 0 aliphatic carbocycles. The molecule has 0 aromatic heterocycles. The highest BCUT2D eigenvalue weighted by Gasteiger charge is 2.31. The molecule has 12 N–H and O–H groups in total. The third-order valence-electron chi connectivity index (χ3n) is 4.80. The van der Waals surface area contributed by atoms with Crippen molar-refractivity contribution in [3.63, 3.8) is 0 Å². The SMILES string of the molecule is CC(N)C(=O)NC(CCCN=C(N)N)C(=O)NC(C(=O)NC(CCCCN)C(=O)O)C(C)C. The average Bonchev–Trinajstić information content (AvgIpc) is 2.72. The van der Waals surface area contributed by atoms with Gasteiger partial charge in [-0.25, -0.2) is 4.79 Å². The Kier molecular flexibility index (Phi) is 14.4. The molecule has 0 heterocycles. The topological polar surface area (TPSA) is 241 Å². The number of carboxylic acid groups (broad SMARTS) is 1. The molecular weight excluding hydrogens is 432 g/mol. The Morgan fingerprint density at radius 3 is 1.91 bits per heavy atom. The highest BCUT2D eigenvalue weighted by atomic mass is 16.4. The minimum absolute atomic E-state index is 0.0911. The van der Waals surface area contributed by atoms with E-state index in [0.29, 0.717) is 25.8 Å². The van der Waals surface area contributed by atoms with Crippen LogP contribution in [0, 0.1) is 5.92 Å². The van der Waals surface area contributed by atoms with Gasteiger partial charge in [-0.2, -0.15) is 0 Å². The van der Waals surface area contributed by atoms with Crippen LogP contribution in [0.25, 0.3) is 0 Å². The Bertz CT molecular complexity index is 679. The van der Waals surface area contributed by atoms with E-state index in [1.165, 1.54) is 6.92 Å². The summed E-state index contributed by atoms with van der Waals surface area (Å²) in [5, 5.41) is 17.1. The van der Waals surface area contributed by atoms with E-state index in [1.807, 2.05) is 0 Å². The maximum absolute atomic E-state index is 12.9. The van der Waals surface area contributed by atoms with E-state index in [1.54, 1.807) is 13.8 Å². The van der Waals surface area contributed by atoms with E-state index in [-0.39, 0.29) is 31.3 Å². The van der Waals surface area contributed by atoms with Crippen LogP contribution in [0.2, 0.25) is 0 Å². The fraction of sp³-hybridized carbons (Fsp3) is 0.750. The van der Waals surface area contributed by atoms with E-state index in [9.17, 15) is 24.3 Å². The number of aliphatic imine (C=N–C) groups is 1. The summed E-state index contributed by atoms with van der Waals surface area (Å²) in [6.07, 6.45) is 1.97. The van der Waals surface area contributed by atoms with E-state index < -0.39 is 47.9 Å². The van der Waals surface area contributed by atoms with Crippen LogP contribution < -0.4 is 38.9 Å². The predicted molar refractivity (Wildman–Crippen MR) is 125 cm³/mol. The monoisotopic (exact) mass is 472 g/mol. The minimum Gasteiger partial charge on any atom is -0.480 e. The van der Waals surface area contributed by atoms with Crippen LogP contribution in [0.5, 0.6) is 0 Å². The lowest BCUT2D eigenvalue weighted by Crippen LogP contribution is -2.58. The van der Waals surface area contributed by atoms with Gasteiger partial charge in [-0.3, -0.25) is 19.4 Å². The van der Waals surface area contributed by atoms with Crippen LogP contribution >= 0.6 is 0 Å². The van der Waals surface area contributed by atoms with E-state index in [4.69, 9.17) is 22.9 Å². The van der Waals surface area contributed by atoms with Gasteiger partial charge in [0.2, 0.25) is 17.7 Å². The van der Waals surface area contributed by atoms with Crippen LogP contribution in [0.15, 0.2) is 4.99 Å². The van der Waals surface area contributed by atoms with E-state index >= 15 is 0 Å². The fourth-order valence-electron chi connectivity index (χ4n) is 2.88. The number of carbonyl (C=O) groups is 4. The smallest absolute Gasteiger partial charge is 0.326 e. The van der Waals surface area contributed by atoms with Crippen molar-refractivity contribution in [2.75, 3.05) is 13.1 Å². The third-order valence-corrected chi connectivity index (χ3v) is 4.80. The van der Waals surface area contributed by atoms with Gasteiger partial charge in [0.25, 0.3) is 0 Å². The lowest BCUT2D eigenvalue weighted by atomic mass is 10.0. The van der Waals surface area contributed by atoms with Crippen molar-refractivity contribution in [2.45, 2.75) is 77.0 Å². The summed E-state index contributed by atoms with van der Waals surface area (Å²) in [4.78, 5) is 53.1. The molecule has 0 aliphatic rings. The van der Waals surface area contributed by atoms with Gasteiger partial charge in [-0.1, -0.05) is 13.8 Å². The molecule has 0 saturated heterocycles. The number of unbranched alkanes of at least 4 members (excludes halogenated alkanes) is 1. The molecule has 0 aliphatic heterocycles. The number of carbonyl (C=O) groups excluding carboxylic acids is 3. The minimum atomic E-state index is -1.17. The number of rotatable bonds is 16. The molecule has 3 amide bonds. The standard InChI is InChI=1S/C20H40N8O5/c1-11(2)15(18(31)27-14(19(32)33)7-4-5-9-21)28-17(30)13(26-16(29)12(3)22)8-6-10-25-20(23)24/h11-15H,4-10,21-22H2,1-3H3,(H,26,29)(H,27,31)(H,28,30)(H,32,33)(H4,23,24,25). The van der Waals surface area contributed by atoms with Gasteiger partial charge in [0.1, 0.15) is 18.1 Å². The molecule has 0 spiro atoms. The zero-order valence-electron chi connectivity index (χ0n) is 19.7. The number of nitrogens with zero attached hydrogens (tertiary/aromatic N) is 1. The number of carboxylic acids is 1. The third kappa shape index (κ3) is 12.6. The molecule has 0 aromatic carbocycles. The molecule has 4 atom stereocenters. The van der Waals surface area contributed by atoms with Crippen LogP contribution in [-0.2, 0) is 19.2 Å². The van der Waals surface area contributed by atoms with Crippen LogP contribution in [-0.4, -0.2) is 72.0 Å². The zero-order valence-corrected chi connectivity index (χ0v) is 19.7. The second-order valence-corrected chi connectivity index (χ2v) is 8.21. The molecule has 0 bridgehead atoms. The van der Waals surface area contributed by atoms with Crippen molar-refractivity contribution in [1.82, 2.24) is 16.0 Å². The van der Waals surface area contributed by atoms with E-state index in [2.05, 4.69) is 20.9 Å². The lowest BCUT2D eigenvalue weighted by Gasteiger charge is -2.27. The summed E-state index contributed by atoms with van der Waals surface area (Å²) in [5.74, 6) is -3.37. The summed E-state index contributed by atoms with van der Waals surface area (Å²) in [5.41, 5.74) is 21.6. The highest BCUT2D eigenvalue weighted by molar-refractivity contribution is 5.94. The quantitative estimate of drug-likeness (QED) is 0.0683. The van der Waals surface area contributed by atoms with Gasteiger partial charge in [0.05, 0.1) is 6.04 Å². The van der Waals surface area contributed by atoms with Gasteiger partial charge in [0.15, 0.2) is 5.96 Å².